The Hall–Kier alpha value is -3.52. The number of halogens is 1. The zero-order chi connectivity index (χ0) is 21.8. The topological polar surface area (TPSA) is 73.1 Å². The monoisotopic (exact) mass is 437 g/mol. The molecular weight excluding hydrogens is 417 g/mol. The lowest BCUT2D eigenvalue weighted by molar-refractivity contribution is -0.121. The molecule has 31 heavy (non-hydrogen) atoms. The van der Waals surface area contributed by atoms with Gasteiger partial charge in [-0.25, -0.2) is 13.8 Å². The molecule has 0 unspecified atom stereocenters. The molecule has 4 aromatic rings. The van der Waals surface area contributed by atoms with E-state index >= 15 is 0 Å². The molecule has 2 heterocycles. The normalized spacial score (nSPS) is 11.0. The second-order valence-electron chi connectivity index (χ2n) is 7.07. The van der Waals surface area contributed by atoms with Gasteiger partial charge in [0.25, 0.3) is 5.56 Å². The molecule has 0 aliphatic heterocycles. The van der Waals surface area contributed by atoms with Crippen LogP contribution in [0.5, 0.6) is 0 Å². The molecule has 158 valence electrons. The summed E-state index contributed by atoms with van der Waals surface area (Å²) in [6, 6.07) is 17.5. The van der Waals surface area contributed by atoms with Gasteiger partial charge in [0.2, 0.25) is 5.91 Å². The Morgan fingerprint density at radius 1 is 0.968 bits per heavy atom. The van der Waals surface area contributed by atoms with Crippen molar-refractivity contribution in [2.45, 2.75) is 19.5 Å². The SMILES string of the molecule is O=C(Cn1c(=O)c2sccc2n(Cc2ccccc2F)c1=O)NCCc1ccccc1. The molecule has 6 nitrogen and oxygen atoms in total. The Kier molecular flexibility index (Phi) is 6.08. The Labute approximate surface area is 181 Å². The first kappa shape index (κ1) is 20.7. The van der Waals surface area contributed by atoms with E-state index in [0.29, 0.717) is 28.7 Å². The summed E-state index contributed by atoms with van der Waals surface area (Å²) in [5.41, 5.74) is 0.682. The molecule has 2 aromatic carbocycles. The summed E-state index contributed by atoms with van der Waals surface area (Å²) in [6.45, 7) is -0.0333. The molecule has 0 atom stereocenters. The molecule has 1 amide bonds. The summed E-state index contributed by atoms with van der Waals surface area (Å²) in [6.07, 6.45) is 0.642. The molecule has 4 rings (SSSR count). The van der Waals surface area contributed by atoms with Crippen molar-refractivity contribution in [1.29, 1.82) is 0 Å². The maximum Gasteiger partial charge on any atom is 0.332 e. The minimum atomic E-state index is -0.641. The van der Waals surface area contributed by atoms with E-state index in [1.165, 1.54) is 22.0 Å². The number of thiophene rings is 1. The third kappa shape index (κ3) is 4.49. The molecule has 0 aliphatic rings. The van der Waals surface area contributed by atoms with Gasteiger partial charge in [-0.3, -0.25) is 14.2 Å². The highest BCUT2D eigenvalue weighted by Crippen LogP contribution is 2.17. The fraction of sp³-hybridized carbons (Fsp3) is 0.174. The number of benzene rings is 2. The molecule has 0 radical (unpaired) electrons. The Balaban J connectivity index is 1.59. The standard InChI is InChI=1S/C23H20FN3O3S/c24-18-9-5-4-8-17(18)14-26-19-11-13-31-21(19)22(29)27(23(26)30)15-20(28)25-12-10-16-6-2-1-3-7-16/h1-9,11,13H,10,12,14-15H2,(H,25,28). The molecule has 1 N–H and O–H groups in total. The van der Waals surface area contributed by atoms with Gasteiger partial charge >= 0.3 is 5.69 Å². The predicted molar refractivity (Wildman–Crippen MR) is 119 cm³/mol. The van der Waals surface area contributed by atoms with E-state index in [1.54, 1.807) is 29.6 Å². The molecule has 0 fully saturated rings. The molecule has 0 bridgehead atoms. The number of amides is 1. The van der Waals surface area contributed by atoms with E-state index in [4.69, 9.17) is 0 Å². The van der Waals surface area contributed by atoms with Gasteiger partial charge in [-0.2, -0.15) is 0 Å². The lowest BCUT2D eigenvalue weighted by atomic mass is 10.1. The highest BCUT2D eigenvalue weighted by molar-refractivity contribution is 7.17. The number of hydrogen-bond donors (Lipinski definition) is 1. The van der Waals surface area contributed by atoms with Crippen LogP contribution in [0.3, 0.4) is 0 Å². The van der Waals surface area contributed by atoms with Crippen LogP contribution in [0, 0.1) is 5.82 Å². The van der Waals surface area contributed by atoms with Crippen LogP contribution in [-0.4, -0.2) is 21.6 Å². The summed E-state index contributed by atoms with van der Waals surface area (Å²) in [7, 11) is 0. The zero-order valence-electron chi connectivity index (χ0n) is 16.6. The lowest BCUT2D eigenvalue weighted by Gasteiger charge is -2.13. The van der Waals surface area contributed by atoms with Crippen LogP contribution in [0.25, 0.3) is 10.2 Å². The minimum absolute atomic E-state index is 0.0331. The number of fused-ring (bicyclic) bond motifs is 1. The maximum atomic E-state index is 14.2. The Morgan fingerprint density at radius 3 is 2.48 bits per heavy atom. The lowest BCUT2D eigenvalue weighted by Crippen LogP contribution is -2.44. The van der Waals surface area contributed by atoms with Gasteiger partial charge in [0.15, 0.2) is 0 Å². The fourth-order valence-corrected chi connectivity index (χ4v) is 4.26. The number of aromatic nitrogens is 2. The Morgan fingerprint density at radius 2 is 1.71 bits per heavy atom. The van der Waals surface area contributed by atoms with Gasteiger partial charge in [-0.15, -0.1) is 11.3 Å². The molecular formula is C23H20FN3O3S. The van der Waals surface area contributed by atoms with Crippen molar-refractivity contribution in [2.24, 2.45) is 0 Å². The van der Waals surface area contributed by atoms with Gasteiger partial charge < -0.3 is 5.32 Å². The van der Waals surface area contributed by atoms with Crippen LogP contribution < -0.4 is 16.6 Å². The third-order valence-electron chi connectivity index (χ3n) is 5.00. The summed E-state index contributed by atoms with van der Waals surface area (Å²) < 4.78 is 16.8. The maximum absolute atomic E-state index is 14.2. The zero-order valence-corrected chi connectivity index (χ0v) is 17.4. The van der Waals surface area contributed by atoms with Crippen LogP contribution in [0.4, 0.5) is 4.39 Å². The molecule has 8 heteroatoms. The summed E-state index contributed by atoms with van der Waals surface area (Å²) in [5.74, 6) is -0.863. The number of nitrogens with zero attached hydrogens (tertiary/aromatic N) is 2. The number of carbonyl (C=O) groups excluding carboxylic acids is 1. The molecule has 0 saturated carbocycles. The highest BCUT2D eigenvalue weighted by Gasteiger charge is 2.17. The first-order valence-electron chi connectivity index (χ1n) is 9.79. The van der Waals surface area contributed by atoms with Crippen LogP contribution >= 0.6 is 11.3 Å². The largest absolute Gasteiger partial charge is 0.354 e. The number of nitrogens with one attached hydrogen (secondary N) is 1. The second kappa shape index (κ2) is 9.09. The quantitative estimate of drug-likeness (QED) is 0.483. The van der Waals surface area contributed by atoms with Crippen LogP contribution in [0.2, 0.25) is 0 Å². The first-order chi connectivity index (χ1) is 15.0. The first-order valence-corrected chi connectivity index (χ1v) is 10.7. The third-order valence-corrected chi connectivity index (χ3v) is 5.89. The Bertz CT molecular complexity index is 1340. The number of carbonyl (C=O) groups is 1. The van der Waals surface area contributed by atoms with Crippen molar-refractivity contribution < 1.29 is 9.18 Å². The van der Waals surface area contributed by atoms with E-state index in [-0.39, 0.29) is 6.54 Å². The van der Waals surface area contributed by atoms with E-state index in [0.717, 1.165) is 10.1 Å². The van der Waals surface area contributed by atoms with Crippen molar-refractivity contribution in [1.82, 2.24) is 14.5 Å². The van der Waals surface area contributed by atoms with Crippen molar-refractivity contribution >= 4 is 27.5 Å². The van der Waals surface area contributed by atoms with E-state index in [2.05, 4.69) is 5.32 Å². The van der Waals surface area contributed by atoms with Gasteiger partial charge in [0.1, 0.15) is 17.1 Å². The predicted octanol–water partition coefficient (Wildman–Crippen LogP) is 2.77. The average molecular weight is 437 g/mol. The highest BCUT2D eigenvalue weighted by atomic mass is 32.1. The summed E-state index contributed by atoms with van der Waals surface area (Å²) in [5, 5.41) is 4.45. The van der Waals surface area contributed by atoms with E-state index < -0.39 is 29.5 Å². The van der Waals surface area contributed by atoms with Crippen molar-refractivity contribution in [3.63, 3.8) is 0 Å². The van der Waals surface area contributed by atoms with Crippen molar-refractivity contribution in [2.75, 3.05) is 6.54 Å². The van der Waals surface area contributed by atoms with Crippen molar-refractivity contribution in [3.8, 4) is 0 Å². The fourth-order valence-electron chi connectivity index (χ4n) is 3.41. The van der Waals surface area contributed by atoms with Crippen LogP contribution in [-0.2, 0) is 24.3 Å². The van der Waals surface area contributed by atoms with E-state index in [9.17, 15) is 18.8 Å². The average Bonchev–Trinajstić information content (AvgIpc) is 3.26. The number of hydrogen-bond acceptors (Lipinski definition) is 4. The summed E-state index contributed by atoms with van der Waals surface area (Å²) >= 11 is 1.19. The molecule has 0 saturated heterocycles. The smallest absolute Gasteiger partial charge is 0.332 e. The molecule has 2 aromatic heterocycles. The van der Waals surface area contributed by atoms with Gasteiger partial charge in [-0.05, 0) is 29.5 Å². The number of rotatable bonds is 7. The second-order valence-corrected chi connectivity index (χ2v) is 7.99. The molecule has 0 spiro atoms. The summed E-state index contributed by atoms with van der Waals surface area (Å²) in [4.78, 5) is 38.3. The molecule has 0 aliphatic carbocycles. The van der Waals surface area contributed by atoms with Gasteiger partial charge in [-0.1, -0.05) is 48.5 Å². The minimum Gasteiger partial charge on any atom is -0.354 e. The van der Waals surface area contributed by atoms with Crippen molar-refractivity contribution in [3.05, 3.63) is 104 Å². The van der Waals surface area contributed by atoms with E-state index in [1.807, 2.05) is 30.3 Å². The van der Waals surface area contributed by atoms with Crippen LogP contribution in [0.1, 0.15) is 11.1 Å². The van der Waals surface area contributed by atoms with Gasteiger partial charge in [0.05, 0.1) is 12.1 Å². The van der Waals surface area contributed by atoms with Gasteiger partial charge in [0, 0.05) is 12.1 Å². The van der Waals surface area contributed by atoms with Crippen LogP contribution in [0.15, 0.2) is 75.6 Å².